The fraction of sp³-hybridized carbons (Fsp3) is 0.455. The summed E-state index contributed by atoms with van der Waals surface area (Å²) in [5.41, 5.74) is 0. The first-order valence-corrected chi connectivity index (χ1v) is 7.82. The average Bonchev–Trinajstić information content (AvgIpc) is 2.88. The molecule has 0 spiro atoms. The molecule has 1 aromatic heterocycles. The molecule has 0 amide bonds. The van der Waals surface area contributed by atoms with Crippen molar-refractivity contribution in [2.75, 3.05) is 6.54 Å². The lowest BCUT2D eigenvalue weighted by molar-refractivity contribution is -0.111. The summed E-state index contributed by atoms with van der Waals surface area (Å²) in [6.45, 7) is 0.367. The standard InChI is InChI=1S/C11H12N2O3S2/c12-7-10-4-5-11(17-10)18(15,16)13-6-2-1-3-9(13)8-14/h4-5,8-9H,1-3,6H2. The molecule has 1 aromatic rings. The SMILES string of the molecule is N#Cc1ccc(S(=O)(=O)N2CCCCC2C=O)s1. The lowest BCUT2D eigenvalue weighted by Crippen LogP contribution is -2.44. The molecule has 5 nitrogen and oxygen atoms in total. The van der Waals surface area contributed by atoms with Crippen LogP contribution >= 0.6 is 11.3 Å². The highest BCUT2D eigenvalue weighted by Crippen LogP contribution is 2.28. The highest BCUT2D eigenvalue weighted by molar-refractivity contribution is 7.91. The molecule has 7 heteroatoms. The Kier molecular flexibility index (Phi) is 3.80. The first-order chi connectivity index (χ1) is 8.59. The summed E-state index contributed by atoms with van der Waals surface area (Å²) < 4.78 is 26.1. The number of hydrogen-bond acceptors (Lipinski definition) is 5. The van der Waals surface area contributed by atoms with Crippen molar-refractivity contribution in [3.8, 4) is 6.07 Å². The third-order valence-electron chi connectivity index (χ3n) is 2.91. The Labute approximate surface area is 110 Å². The number of nitrogens with zero attached hydrogens (tertiary/aromatic N) is 2. The Morgan fingerprint density at radius 1 is 1.44 bits per heavy atom. The molecule has 2 heterocycles. The predicted molar refractivity (Wildman–Crippen MR) is 66.6 cm³/mol. The van der Waals surface area contributed by atoms with Crippen LogP contribution < -0.4 is 0 Å². The van der Waals surface area contributed by atoms with E-state index in [0.717, 1.165) is 24.2 Å². The molecule has 1 unspecified atom stereocenters. The number of nitriles is 1. The minimum atomic E-state index is -3.64. The van der Waals surface area contributed by atoms with E-state index in [-0.39, 0.29) is 4.21 Å². The van der Waals surface area contributed by atoms with Crippen molar-refractivity contribution in [2.24, 2.45) is 0 Å². The lowest BCUT2D eigenvalue weighted by Gasteiger charge is -2.30. The van der Waals surface area contributed by atoms with E-state index in [0.29, 0.717) is 24.1 Å². The molecule has 1 saturated heterocycles. The van der Waals surface area contributed by atoms with Gasteiger partial charge < -0.3 is 4.79 Å². The zero-order chi connectivity index (χ0) is 13.2. The summed E-state index contributed by atoms with van der Waals surface area (Å²) in [6.07, 6.45) is 2.89. The molecule has 0 saturated carbocycles. The Morgan fingerprint density at radius 2 is 2.22 bits per heavy atom. The Bertz CT molecular complexity index is 586. The summed E-state index contributed by atoms with van der Waals surface area (Å²) in [6, 6.07) is 4.25. The number of aldehydes is 1. The van der Waals surface area contributed by atoms with Crippen LogP contribution in [0.5, 0.6) is 0 Å². The molecule has 1 aliphatic heterocycles. The molecule has 1 aliphatic rings. The summed E-state index contributed by atoms with van der Waals surface area (Å²) >= 11 is 0.939. The minimum Gasteiger partial charge on any atom is -0.302 e. The number of hydrogen-bond donors (Lipinski definition) is 0. The average molecular weight is 284 g/mol. The van der Waals surface area contributed by atoms with Gasteiger partial charge in [-0.15, -0.1) is 11.3 Å². The van der Waals surface area contributed by atoms with E-state index < -0.39 is 16.1 Å². The first-order valence-electron chi connectivity index (χ1n) is 5.56. The second-order valence-corrected chi connectivity index (χ2v) is 7.25. The quantitative estimate of drug-likeness (QED) is 0.785. The maximum absolute atomic E-state index is 12.4. The molecule has 0 bridgehead atoms. The van der Waals surface area contributed by atoms with Crippen molar-refractivity contribution >= 4 is 27.6 Å². The largest absolute Gasteiger partial charge is 0.302 e. The molecule has 18 heavy (non-hydrogen) atoms. The molecule has 96 valence electrons. The normalized spacial score (nSPS) is 21.4. The number of sulfonamides is 1. The van der Waals surface area contributed by atoms with Gasteiger partial charge in [-0.05, 0) is 25.0 Å². The first kappa shape index (κ1) is 13.2. The number of piperidine rings is 1. The predicted octanol–water partition coefficient (Wildman–Crippen LogP) is 1.36. The highest BCUT2D eigenvalue weighted by Gasteiger charge is 2.34. The zero-order valence-electron chi connectivity index (χ0n) is 9.57. The zero-order valence-corrected chi connectivity index (χ0v) is 11.2. The van der Waals surface area contributed by atoms with E-state index in [9.17, 15) is 13.2 Å². The van der Waals surface area contributed by atoms with E-state index in [1.54, 1.807) is 0 Å². The van der Waals surface area contributed by atoms with Crippen LogP contribution in [0.4, 0.5) is 0 Å². The van der Waals surface area contributed by atoms with E-state index in [1.165, 1.54) is 16.4 Å². The van der Waals surface area contributed by atoms with Crippen molar-refractivity contribution in [3.63, 3.8) is 0 Å². The van der Waals surface area contributed by atoms with E-state index in [1.807, 2.05) is 6.07 Å². The van der Waals surface area contributed by atoms with Crippen molar-refractivity contribution in [2.45, 2.75) is 29.5 Å². The fourth-order valence-corrected chi connectivity index (χ4v) is 4.86. The third kappa shape index (κ3) is 2.32. The Balaban J connectivity index is 2.35. The van der Waals surface area contributed by atoms with Gasteiger partial charge in [0.25, 0.3) is 10.0 Å². The van der Waals surface area contributed by atoms with Crippen LogP contribution in [0.1, 0.15) is 24.1 Å². The highest BCUT2D eigenvalue weighted by atomic mass is 32.2. The van der Waals surface area contributed by atoms with Crippen LogP contribution in [0.25, 0.3) is 0 Å². The number of carbonyl (C=O) groups is 1. The van der Waals surface area contributed by atoms with Crippen molar-refractivity contribution in [3.05, 3.63) is 17.0 Å². The van der Waals surface area contributed by atoms with Gasteiger partial charge >= 0.3 is 0 Å². The monoisotopic (exact) mass is 284 g/mol. The second kappa shape index (κ2) is 5.18. The maximum Gasteiger partial charge on any atom is 0.253 e. The van der Waals surface area contributed by atoms with E-state index in [2.05, 4.69) is 0 Å². The van der Waals surface area contributed by atoms with Crippen LogP contribution in [0.3, 0.4) is 0 Å². The molecule has 2 rings (SSSR count). The van der Waals surface area contributed by atoms with E-state index >= 15 is 0 Å². The molecular weight excluding hydrogens is 272 g/mol. The molecule has 0 N–H and O–H groups in total. The number of thiophene rings is 1. The van der Waals surface area contributed by atoms with Gasteiger partial charge in [0.05, 0.1) is 6.04 Å². The molecule has 0 aromatic carbocycles. The maximum atomic E-state index is 12.4. The van der Waals surface area contributed by atoms with Gasteiger partial charge in [0.15, 0.2) is 0 Å². The van der Waals surface area contributed by atoms with Gasteiger partial charge in [-0.3, -0.25) is 0 Å². The lowest BCUT2D eigenvalue weighted by atomic mass is 10.1. The molecule has 0 aliphatic carbocycles. The fourth-order valence-electron chi connectivity index (χ4n) is 2.00. The summed E-state index contributed by atoms with van der Waals surface area (Å²) in [4.78, 5) is 11.3. The summed E-state index contributed by atoms with van der Waals surface area (Å²) in [5.74, 6) is 0. The van der Waals surface area contributed by atoms with Crippen LogP contribution in [-0.2, 0) is 14.8 Å². The molecule has 0 radical (unpaired) electrons. The summed E-state index contributed by atoms with van der Waals surface area (Å²) in [5, 5.41) is 8.72. The molecule has 1 fully saturated rings. The summed E-state index contributed by atoms with van der Waals surface area (Å²) in [7, 11) is -3.64. The second-order valence-electron chi connectivity index (χ2n) is 4.05. The van der Waals surface area contributed by atoms with Gasteiger partial charge in [-0.2, -0.15) is 9.57 Å². The molecular formula is C11H12N2O3S2. The van der Waals surface area contributed by atoms with Crippen LogP contribution in [0.2, 0.25) is 0 Å². The van der Waals surface area contributed by atoms with Crippen molar-refractivity contribution < 1.29 is 13.2 Å². The third-order valence-corrected chi connectivity index (χ3v) is 6.29. The minimum absolute atomic E-state index is 0.132. The van der Waals surface area contributed by atoms with Crippen LogP contribution in [-0.4, -0.2) is 31.6 Å². The van der Waals surface area contributed by atoms with Gasteiger partial charge in [0.1, 0.15) is 21.4 Å². The van der Waals surface area contributed by atoms with Gasteiger partial charge in [0, 0.05) is 6.54 Å². The van der Waals surface area contributed by atoms with E-state index in [4.69, 9.17) is 5.26 Å². The van der Waals surface area contributed by atoms with Crippen LogP contribution in [0, 0.1) is 11.3 Å². The van der Waals surface area contributed by atoms with Gasteiger partial charge in [-0.1, -0.05) is 6.42 Å². The van der Waals surface area contributed by atoms with Crippen molar-refractivity contribution in [1.82, 2.24) is 4.31 Å². The molecule has 1 atom stereocenters. The topological polar surface area (TPSA) is 78.2 Å². The van der Waals surface area contributed by atoms with Crippen LogP contribution in [0.15, 0.2) is 16.3 Å². The smallest absolute Gasteiger partial charge is 0.253 e. The van der Waals surface area contributed by atoms with Gasteiger partial charge in [0.2, 0.25) is 0 Å². The Hall–Kier alpha value is -1.23. The number of carbonyl (C=O) groups excluding carboxylic acids is 1. The number of rotatable bonds is 3. The Morgan fingerprint density at radius 3 is 2.83 bits per heavy atom. The van der Waals surface area contributed by atoms with Crippen molar-refractivity contribution in [1.29, 1.82) is 5.26 Å². The van der Waals surface area contributed by atoms with Gasteiger partial charge in [-0.25, -0.2) is 8.42 Å².